The van der Waals surface area contributed by atoms with Crippen LogP contribution in [0.3, 0.4) is 0 Å². The number of nitrogens with one attached hydrogen (secondary N) is 5. The summed E-state index contributed by atoms with van der Waals surface area (Å²) in [6.45, 7) is 13.9. The Morgan fingerprint density at radius 1 is 0.687 bits per heavy atom. The van der Waals surface area contributed by atoms with Crippen molar-refractivity contribution in [3.8, 4) is 5.75 Å². The van der Waals surface area contributed by atoms with Crippen LogP contribution in [0.5, 0.6) is 5.75 Å². The first-order valence-corrected chi connectivity index (χ1v) is 23.1. The lowest BCUT2D eigenvalue weighted by atomic mass is 9.76. The molecule has 0 radical (unpaired) electrons. The van der Waals surface area contributed by atoms with Gasteiger partial charge in [0.15, 0.2) is 0 Å². The topological polar surface area (TPSA) is 277 Å². The number of benzene rings is 1. The fourth-order valence-corrected chi connectivity index (χ4v) is 6.63. The number of unbranched alkanes of at least 4 members (excludes halogenated alkanes) is 1. The molecule has 1 unspecified atom stereocenters. The van der Waals surface area contributed by atoms with E-state index >= 15 is 0 Å². The number of aromatic hydroxyl groups is 1. The summed E-state index contributed by atoms with van der Waals surface area (Å²) in [7, 11) is 0. The molecule has 0 saturated carbocycles. The average Bonchev–Trinajstić information content (AvgIpc) is 3.57. The molecule has 0 spiro atoms. The highest BCUT2D eigenvalue weighted by molar-refractivity contribution is 6.12. The standard InChI is InChI=1S/C47H74N6O14/c1-33(29-34(2)47(3,4)5)30-35-11-12-38(54)37(31-35)52-46(63)36(51-41(57)10-8-20-53-43(59)13-14-44(53)60)9-6-7-17-48-39(55)15-21-64-25-27-66-23-18-49-40(56)16-22-65-26-28-67-24-19-50-42(58)32-45(61)62/h11-14,31,33-34,36,54H,6-10,15-30,32H2,1-5H3,(H,48,55)(H,49,56)(H,50,58)(H,51,57)(H,52,63)(H,61,62)/t33-,34?,36+/m1/s1. The van der Waals surface area contributed by atoms with E-state index in [2.05, 4.69) is 61.2 Å². The maximum Gasteiger partial charge on any atom is 0.312 e. The molecule has 0 aromatic heterocycles. The van der Waals surface area contributed by atoms with Gasteiger partial charge in [-0.2, -0.15) is 0 Å². The van der Waals surface area contributed by atoms with Crippen LogP contribution in [0.15, 0.2) is 30.4 Å². The first-order chi connectivity index (χ1) is 31.8. The number of phenolic OH excluding ortho intramolecular Hbond substituents is 1. The van der Waals surface area contributed by atoms with Crippen LogP contribution in [-0.2, 0) is 63.7 Å². The Morgan fingerprint density at radius 3 is 1.81 bits per heavy atom. The van der Waals surface area contributed by atoms with Gasteiger partial charge in [-0.25, -0.2) is 0 Å². The van der Waals surface area contributed by atoms with Crippen LogP contribution in [0, 0.1) is 17.3 Å². The van der Waals surface area contributed by atoms with E-state index in [0.717, 1.165) is 23.3 Å². The molecule has 7 N–H and O–H groups in total. The van der Waals surface area contributed by atoms with E-state index in [-0.39, 0.29) is 127 Å². The minimum absolute atomic E-state index is 0.0282. The summed E-state index contributed by atoms with van der Waals surface area (Å²) in [6, 6.07) is 4.18. The number of rotatable bonds is 36. The van der Waals surface area contributed by atoms with Crippen LogP contribution < -0.4 is 26.6 Å². The van der Waals surface area contributed by atoms with Gasteiger partial charge in [-0.3, -0.25) is 43.3 Å². The van der Waals surface area contributed by atoms with Crippen LogP contribution in [0.1, 0.15) is 98.0 Å². The second-order valence-electron chi connectivity index (χ2n) is 17.6. The van der Waals surface area contributed by atoms with Gasteiger partial charge in [0.2, 0.25) is 29.5 Å². The zero-order valence-electron chi connectivity index (χ0n) is 39.9. The normalized spacial score (nSPS) is 13.8. The van der Waals surface area contributed by atoms with Crippen molar-refractivity contribution in [3.63, 3.8) is 0 Å². The molecule has 2 rings (SSSR count). The summed E-state index contributed by atoms with van der Waals surface area (Å²) in [5.41, 5.74) is 1.37. The fourth-order valence-electron chi connectivity index (χ4n) is 6.63. The summed E-state index contributed by atoms with van der Waals surface area (Å²) in [4.78, 5) is 97.5. The Balaban J connectivity index is 1.66. The molecular formula is C47H74N6O14. The van der Waals surface area contributed by atoms with Crippen molar-refractivity contribution >= 4 is 53.0 Å². The maximum absolute atomic E-state index is 13.6. The molecule has 1 aliphatic rings. The number of hydrogen-bond donors (Lipinski definition) is 7. The average molecular weight is 947 g/mol. The maximum atomic E-state index is 13.6. The largest absolute Gasteiger partial charge is 0.506 e. The van der Waals surface area contributed by atoms with Crippen molar-refractivity contribution in [2.45, 2.75) is 105 Å². The van der Waals surface area contributed by atoms with E-state index in [9.17, 15) is 43.5 Å². The lowest BCUT2D eigenvalue weighted by molar-refractivity contribution is -0.141. The van der Waals surface area contributed by atoms with Crippen LogP contribution in [-0.4, -0.2) is 148 Å². The van der Waals surface area contributed by atoms with E-state index in [4.69, 9.17) is 24.1 Å². The summed E-state index contributed by atoms with van der Waals surface area (Å²) >= 11 is 0. The molecule has 0 bridgehead atoms. The number of carboxylic acids is 1. The van der Waals surface area contributed by atoms with Crippen molar-refractivity contribution in [2.24, 2.45) is 17.3 Å². The Kier molecular flexibility index (Phi) is 27.8. The summed E-state index contributed by atoms with van der Waals surface area (Å²) in [5.74, 6) is -3.29. The highest BCUT2D eigenvalue weighted by atomic mass is 16.5. The van der Waals surface area contributed by atoms with Crippen molar-refractivity contribution in [1.82, 2.24) is 26.2 Å². The zero-order valence-corrected chi connectivity index (χ0v) is 39.9. The number of anilines is 1. The minimum atomic E-state index is -1.20. The number of carboxylic acid groups (broad SMARTS) is 1. The number of carbonyl (C=O) groups is 8. The van der Waals surface area contributed by atoms with Gasteiger partial charge in [-0.05, 0) is 73.5 Å². The van der Waals surface area contributed by atoms with Crippen molar-refractivity contribution in [1.29, 1.82) is 0 Å². The predicted octanol–water partition coefficient (Wildman–Crippen LogP) is 2.61. The second-order valence-corrected chi connectivity index (χ2v) is 17.6. The number of nitrogens with zero attached hydrogens (tertiary/aromatic N) is 1. The smallest absolute Gasteiger partial charge is 0.312 e. The number of phenols is 1. The van der Waals surface area contributed by atoms with Crippen LogP contribution in [0.25, 0.3) is 0 Å². The van der Waals surface area contributed by atoms with E-state index in [1.54, 1.807) is 12.1 Å². The minimum Gasteiger partial charge on any atom is -0.506 e. The fraction of sp³-hybridized carbons (Fsp3) is 0.660. The van der Waals surface area contributed by atoms with Crippen molar-refractivity contribution in [2.75, 3.05) is 84.4 Å². The van der Waals surface area contributed by atoms with Crippen LogP contribution >= 0.6 is 0 Å². The Morgan fingerprint density at radius 2 is 1.24 bits per heavy atom. The molecule has 3 atom stereocenters. The molecule has 1 heterocycles. The summed E-state index contributed by atoms with van der Waals surface area (Å²) in [5, 5.41) is 32.7. The molecule has 67 heavy (non-hydrogen) atoms. The number of aliphatic carboxylic acids is 1. The van der Waals surface area contributed by atoms with Gasteiger partial charge in [0, 0.05) is 57.6 Å². The van der Waals surface area contributed by atoms with E-state index in [0.29, 0.717) is 37.8 Å². The Labute approximate surface area is 394 Å². The van der Waals surface area contributed by atoms with Crippen LogP contribution in [0.2, 0.25) is 0 Å². The quantitative estimate of drug-likeness (QED) is 0.0221. The third kappa shape index (κ3) is 26.5. The van der Waals surface area contributed by atoms with Crippen LogP contribution in [0.4, 0.5) is 5.69 Å². The van der Waals surface area contributed by atoms with Gasteiger partial charge in [0.1, 0.15) is 18.2 Å². The van der Waals surface area contributed by atoms with Crippen molar-refractivity contribution < 1.29 is 67.5 Å². The zero-order chi connectivity index (χ0) is 49.6. The van der Waals surface area contributed by atoms with Gasteiger partial charge in [-0.15, -0.1) is 0 Å². The predicted molar refractivity (Wildman–Crippen MR) is 248 cm³/mol. The lowest BCUT2D eigenvalue weighted by Gasteiger charge is -2.29. The number of imide groups is 1. The molecular weight excluding hydrogens is 873 g/mol. The van der Waals surface area contributed by atoms with E-state index in [1.165, 1.54) is 12.2 Å². The monoisotopic (exact) mass is 947 g/mol. The summed E-state index contributed by atoms with van der Waals surface area (Å²) < 4.78 is 21.5. The summed E-state index contributed by atoms with van der Waals surface area (Å²) in [6.07, 6.45) is 5.22. The number of amides is 7. The number of ether oxygens (including phenoxy) is 4. The van der Waals surface area contributed by atoms with E-state index < -0.39 is 48.0 Å². The van der Waals surface area contributed by atoms with Gasteiger partial charge < -0.3 is 55.7 Å². The molecule has 7 amide bonds. The van der Waals surface area contributed by atoms with Gasteiger partial charge in [-0.1, -0.05) is 40.7 Å². The molecule has 376 valence electrons. The Bertz CT molecular complexity index is 1770. The van der Waals surface area contributed by atoms with Gasteiger partial charge >= 0.3 is 5.97 Å². The molecule has 1 aliphatic heterocycles. The molecule has 0 saturated heterocycles. The highest BCUT2D eigenvalue weighted by Crippen LogP contribution is 2.33. The first kappa shape index (κ1) is 57.7. The van der Waals surface area contributed by atoms with Crippen molar-refractivity contribution in [3.05, 3.63) is 35.9 Å². The molecule has 0 aliphatic carbocycles. The van der Waals surface area contributed by atoms with E-state index in [1.807, 2.05) is 6.07 Å². The molecule has 1 aromatic rings. The first-order valence-electron chi connectivity index (χ1n) is 23.1. The molecule has 20 nitrogen and oxygen atoms in total. The SMILES string of the molecule is CC(C[C@@H](C)Cc1ccc(O)c(NC(=O)[C@H](CCCCNC(=O)CCOCCOCCNC(=O)CCOCCOCCNC(=O)CC(=O)O)NC(=O)CCCN2C(=O)C=CC2=O)c1)C(C)(C)C. The highest BCUT2D eigenvalue weighted by Gasteiger charge is 2.26. The lowest BCUT2D eigenvalue weighted by Crippen LogP contribution is -2.44. The third-order valence-electron chi connectivity index (χ3n) is 10.9. The molecule has 1 aromatic carbocycles. The molecule has 20 heteroatoms. The van der Waals surface area contributed by atoms with Gasteiger partial charge in [0.05, 0.1) is 58.5 Å². The second kappa shape index (κ2) is 32.3. The Hall–Kier alpha value is -5.44. The third-order valence-corrected chi connectivity index (χ3v) is 10.9. The molecule has 0 fully saturated rings. The number of hydrogen-bond acceptors (Lipinski definition) is 13. The number of carbonyl (C=O) groups excluding carboxylic acids is 7. The van der Waals surface area contributed by atoms with Gasteiger partial charge in [0.25, 0.3) is 11.8 Å².